The van der Waals surface area contributed by atoms with E-state index in [-0.39, 0.29) is 34.6 Å². The molecule has 3 aromatic rings. The van der Waals surface area contributed by atoms with Crippen LogP contribution in [0.1, 0.15) is 31.2 Å². The third-order valence-corrected chi connectivity index (χ3v) is 9.54. The minimum Gasteiger partial charge on any atom is -0.324 e. The van der Waals surface area contributed by atoms with Crippen LogP contribution in [0.5, 0.6) is 0 Å². The van der Waals surface area contributed by atoms with Crippen LogP contribution in [-0.2, 0) is 14.8 Å². The summed E-state index contributed by atoms with van der Waals surface area (Å²) >= 11 is 16.2. The molecule has 0 spiro atoms. The molecule has 4 rings (SSSR count). The zero-order valence-electron chi connectivity index (χ0n) is 20.3. The highest BCUT2D eigenvalue weighted by atomic mass is 79.9. The van der Waals surface area contributed by atoms with Crippen LogP contribution < -0.4 is 9.62 Å². The van der Waals surface area contributed by atoms with Crippen molar-refractivity contribution in [2.75, 3.05) is 35.8 Å². The smallest absolute Gasteiger partial charge is 0.264 e. The number of sulfonamides is 1. The van der Waals surface area contributed by atoms with Crippen LogP contribution in [0.15, 0.2) is 76.1 Å². The van der Waals surface area contributed by atoms with Gasteiger partial charge in [-0.25, -0.2) is 8.42 Å². The Balaban J connectivity index is 1.41. The molecule has 3 aromatic carbocycles. The molecule has 1 N–H and O–H groups in total. The summed E-state index contributed by atoms with van der Waals surface area (Å²) in [5.41, 5.74) is 1.97. The largest absolute Gasteiger partial charge is 0.324 e. The number of halogens is 3. The second-order valence-corrected chi connectivity index (χ2v) is 12.5. The lowest BCUT2D eigenvalue weighted by molar-refractivity contribution is -0.117. The Labute approximate surface area is 236 Å². The zero-order chi connectivity index (χ0) is 26.6. The van der Waals surface area contributed by atoms with E-state index in [1.54, 1.807) is 31.2 Å². The van der Waals surface area contributed by atoms with E-state index in [4.69, 9.17) is 23.2 Å². The first-order valence-electron chi connectivity index (χ1n) is 12.0. The summed E-state index contributed by atoms with van der Waals surface area (Å²) in [4.78, 5) is 15.0. The molecular formula is C27H28BrCl2N3O3S. The lowest BCUT2D eigenvalue weighted by Gasteiger charge is -2.32. The van der Waals surface area contributed by atoms with Crippen molar-refractivity contribution in [3.63, 3.8) is 0 Å². The summed E-state index contributed by atoms with van der Waals surface area (Å²) in [6.45, 7) is 3.75. The van der Waals surface area contributed by atoms with Crippen molar-refractivity contribution in [1.82, 2.24) is 4.90 Å². The quantitative estimate of drug-likeness (QED) is 0.300. The lowest BCUT2D eigenvalue weighted by atomic mass is 9.89. The number of hydrogen-bond acceptors (Lipinski definition) is 4. The van der Waals surface area contributed by atoms with Gasteiger partial charge in [0.1, 0.15) is 0 Å². The molecule has 1 heterocycles. The Morgan fingerprint density at radius 3 is 2.38 bits per heavy atom. The van der Waals surface area contributed by atoms with Crippen LogP contribution >= 0.6 is 39.1 Å². The van der Waals surface area contributed by atoms with Gasteiger partial charge in [0, 0.05) is 16.0 Å². The average Bonchev–Trinajstić information content (AvgIpc) is 2.87. The monoisotopic (exact) mass is 623 g/mol. The van der Waals surface area contributed by atoms with Gasteiger partial charge in [-0.15, -0.1) is 0 Å². The highest BCUT2D eigenvalue weighted by Gasteiger charge is 2.26. The number of likely N-dealkylation sites (tertiary alicyclic amines) is 1. The van der Waals surface area contributed by atoms with Crippen LogP contribution in [0.2, 0.25) is 10.0 Å². The number of carbonyl (C=O) groups excluding carboxylic acids is 1. The summed E-state index contributed by atoms with van der Waals surface area (Å²) in [5, 5.41) is 3.83. The van der Waals surface area contributed by atoms with Crippen LogP contribution in [0.4, 0.5) is 11.4 Å². The molecule has 1 aliphatic rings. The molecule has 1 saturated heterocycles. The second-order valence-electron chi connectivity index (χ2n) is 8.91. The topological polar surface area (TPSA) is 69.7 Å². The highest BCUT2D eigenvalue weighted by molar-refractivity contribution is 9.10. The fraction of sp³-hybridized carbons (Fsp3) is 0.296. The summed E-state index contributed by atoms with van der Waals surface area (Å²) in [5.74, 6) is 0.106. The minimum atomic E-state index is -3.85. The van der Waals surface area contributed by atoms with Crippen molar-refractivity contribution in [2.24, 2.45) is 0 Å². The number of rotatable bonds is 8. The summed E-state index contributed by atoms with van der Waals surface area (Å²) < 4.78 is 29.0. The van der Waals surface area contributed by atoms with E-state index in [2.05, 4.69) is 32.2 Å². The number of benzene rings is 3. The molecule has 0 radical (unpaired) electrons. The molecule has 0 saturated carbocycles. The molecule has 1 aliphatic heterocycles. The molecule has 37 heavy (non-hydrogen) atoms. The SMILES string of the molecule is CCN(c1ccccc1)S(=O)(=O)c1ccc(Cl)c(NC(=O)CN2CCC(c3ccc(Br)cc3Cl)CC2)c1. The van der Waals surface area contributed by atoms with Gasteiger partial charge in [-0.3, -0.25) is 14.0 Å². The van der Waals surface area contributed by atoms with E-state index >= 15 is 0 Å². The van der Waals surface area contributed by atoms with Gasteiger partial charge in [0.05, 0.1) is 27.8 Å². The third kappa shape index (κ3) is 6.67. The maximum absolute atomic E-state index is 13.4. The van der Waals surface area contributed by atoms with E-state index in [1.165, 1.54) is 22.5 Å². The van der Waals surface area contributed by atoms with Gasteiger partial charge < -0.3 is 5.32 Å². The van der Waals surface area contributed by atoms with Crippen LogP contribution in [0.25, 0.3) is 0 Å². The molecule has 0 aromatic heterocycles. The number of nitrogens with one attached hydrogen (secondary N) is 1. The van der Waals surface area contributed by atoms with Gasteiger partial charge in [-0.05, 0) is 86.8 Å². The predicted octanol–water partition coefficient (Wildman–Crippen LogP) is 6.79. The standard InChI is InChI=1S/C27H28BrCl2N3O3S/c1-2-33(21-6-4-3-5-7-21)37(35,36)22-9-11-24(29)26(17-22)31-27(34)18-32-14-12-19(13-15-32)23-10-8-20(28)16-25(23)30/h3-11,16-17,19H,2,12-15,18H2,1H3,(H,31,34). The molecule has 0 aliphatic carbocycles. The number of anilines is 2. The molecule has 10 heteroatoms. The van der Waals surface area contributed by atoms with Crippen LogP contribution in [-0.4, -0.2) is 45.4 Å². The van der Waals surface area contributed by atoms with Crippen molar-refractivity contribution in [1.29, 1.82) is 0 Å². The van der Waals surface area contributed by atoms with Crippen molar-refractivity contribution in [3.05, 3.63) is 86.8 Å². The Hall–Kier alpha value is -2.10. The second kappa shape index (κ2) is 12.2. The van der Waals surface area contributed by atoms with Crippen molar-refractivity contribution >= 4 is 66.4 Å². The normalized spacial score (nSPS) is 14.9. The molecule has 1 fully saturated rings. The van der Waals surface area contributed by atoms with E-state index in [9.17, 15) is 13.2 Å². The number of para-hydroxylation sites is 1. The Kier molecular flexibility index (Phi) is 9.19. The average molecular weight is 625 g/mol. The fourth-order valence-corrected chi connectivity index (χ4v) is 7.09. The first kappa shape index (κ1) is 27.9. The Morgan fingerprint density at radius 1 is 1.03 bits per heavy atom. The maximum atomic E-state index is 13.4. The van der Waals surface area contributed by atoms with Gasteiger partial charge in [-0.1, -0.05) is 63.4 Å². The van der Waals surface area contributed by atoms with Gasteiger partial charge in [-0.2, -0.15) is 0 Å². The molecule has 0 unspecified atom stereocenters. The summed E-state index contributed by atoms with van der Waals surface area (Å²) in [7, 11) is -3.85. The molecular weight excluding hydrogens is 597 g/mol. The first-order valence-corrected chi connectivity index (χ1v) is 15.0. The minimum absolute atomic E-state index is 0.0603. The molecule has 0 atom stereocenters. The predicted molar refractivity (Wildman–Crippen MR) is 154 cm³/mol. The first-order chi connectivity index (χ1) is 17.7. The Morgan fingerprint density at radius 2 is 1.73 bits per heavy atom. The Bertz CT molecular complexity index is 1360. The molecule has 1 amide bonds. The number of piperidine rings is 1. The maximum Gasteiger partial charge on any atom is 0.264 e. The number of hydrogen-bond donors (Lipinski definition) is 1. The lowest BCUT2D eigenvalue weighted by Crippen LogP contribution is -2.38. The molecule has 196 valence electrons. The fourth-order valence-electron chi connectivity index (χ4n) is 4.60. The summed E-state index contributed by atoms with van der Waals surface area (Å²) in [6, 6.07) is 19.2. The van der Waals surface area contributed by atoms with Gasteiger partial charge in [0.2, 0.25) is 5.91 Å². The number of nitrogens with zero attached hydrogens (tertiary/aromatic N) is 2. The van der Waals surface area contributed by atoms with E-state index in [0.717, 1.165) is 41.0 Å². The van der Waals surface area contributed by atoms with Gasteiger partial charge in [0.25, 0.3) is 10.0 Å². The van der Waals surface area contributed by atoms with Crippen molar-refractivity contribution in [3.8, 4) is 0 Å². The molecule has 6 nitrogen and oxygen atoms in total. The van der Waals surface area contributed by atoms with Crippen LogP contribution in [0.3, 0.4) is 0 Å². The van der Waals surface area contributed by atoms with Gasteiger partial charge >= 0.3 is 0 Å². The van der Waals surface area contributed by atoms with E-state index in [0.29, 0.717) is 11.6 Å². The van der Waals surface area contributed by atoms with Gasteiger partial charge in [0.15, 0.2) is 0 Å². The highest BCUT2D eigenvalue weighted by Crippen LogP contribution is 2.34. The zero-order valence-corrected chi connectivity index (χ0v) is 24.2. The number of carbonyl (C=O) groups is 1. The van der Waals surface area contributed by atoms with E-state index < -0.39 is 10.0 Å². The van der Waals surface area contributed by atoms with Crippen molar-refractivity contribution < 1.29 is 13.2 Å². The van der Waals surface area contributed by atoms with Crippen molar-refractivity contribution in [2.45, 2.75) is 30.6 Å². The summed E-state index contributed by atoms with van der Waals surface area (Å²) in [6.07, 6.45) is 1.80. The number of amides is 1. The molecule has 0 bridgehead atoms. The van der Waals surface area contributed by atoms with Crippen LogP contribution in [0, 0.1) is 0 Å². The third-order valence-electron chi connectivity index (χ3n) is 6.49. The van der Waals surface area contributed by atoms with E-state index in [1.807, 2.05) is 18.2 Å².